The van der Waals surface area contributed by atoms with Crippen molar-refractivity contribution < 1.29 is 23.2 Å². The molecule has 2 heterocycles. The molecule has 1 aliphatic carbocycles. The fourth-order valence-corrected chi connectivity index (χ4v) is 4.40. The minimum Gasteiger partial charge on any atom is -0.464 e. The molecule has 1 atom stereocenters. The number of benzene rings is 1. The van der Waals surface area contributed by atoms with Crippen molar-refractivity contribution in [2.24, 2.45) is 0 Å². The Bertz CT molecular complexity index is 1150. The van der Waals surface area contributed by atoms with Crippen LogP contribution in [0.2, 0.25) is 5.02 Å². The number of hydrogen-bond donors (Lipinski definition) is 2. The summed E-state index contributed by atoms with van der Waals surface area (Å²) in [4.78, 5) is 40.9. The first-order chi connectivity index (χ1) is 16.9. The Morgan fingerprint density at radius 2 is 1.80 bits per heavy atom. The van der Waals surface area contributed by atoms with Crippen molar-refractivity contribution in [3.8, 4) is 0 Å². The Morgan fingerprint density at radius 1 is 1.06 bits per heavy atom. The van der Waals surface area contributed by atoms with Crippen molar-refractivity contribution in [1.29, 1.82) is 0 Å². The molecule has 0 spiro atoms. The van der Waals surface area contributed by atoms with Gasteiger partial charge in [-0.15, -0.1) is 0 Å². The van der Waals surface area contributed by atoms with Crippen LogP contribution in [0.5, 0.6) is 0 Å². The Labute approximate surface area is 208 Å². The molecule has 35 heavy (non-hydrogen) atoms. The molecule has 2 N–H and O–H groups in total. The summed E-state index contributed by atoms with van der Waals surface area (Å²) in [5, 5.41) is 6.17. The predicted molar refractivity (Wildman–Crippen MR) is 131 cm³/mol. The van der Waals surface area contributed by atoms with Crippen LogP contribution in [-0.4, -0.2) is 30.3 Å². The van der Waals surface area contributed by atoms with Crippen molar-refractivity contribution >= 4 is 35.0 Å². The van der Waals surface area contributed by atoms with E-state index in [-0.39, 0.29) is 24.3 Å². The van der Waals surface area contributed by atoms with E-state index in [9.17, 15) is 14.4 Å². The van der Waals surface area contributed by atoms with E-state index in [1.54, 1.807) is 49.4 Å². The largest absolute Gasteiger partial charge is 0.464 e. The molecule has 8 nitrogen and oxygen atoms in total. The van der Waals surface area contributed by atoms with Gasteiger partial charge in [-0.1, -0.05) is 30.9 Å². The summed E-state index contributed by atoms with van der Waals surface area (Å²) in [6, 6.07) is 12.1. The summed E-state index contributed by atoms with van der Waals surface area (Å²) in [6.45, 7) is 1.42. The van der Waals surface area contributed by atoms with E-state index in [1.807, 2.05) is 0 Å². The molecule has 4 rings (SSSR count). The molecule has 1 aromatic carbocycles. The third-order valence-electron chi connectivity index (χ3n) is 6.01. The highest BCUT2D eigenvalue weighted by molar-refractivity contribution is 6.30. The molecule has 0 aliphatic heterocycles. The van der Waals surface area contributed by atoms with E-state index >= 15 is 0 Å². The number of carbonyl (C=O) groups excluding carboxylic acids is 3. The first-order valence-corrected chi connectivity index (χ1v) is 12.1. The number of anilines is 1. The van der Waals surface area contributed by atoms with Crippen molar-refractivity contribution in [3.05, 3.63) is 77.1 Å². The van der Waals surface area contributed by atoms with E-state index in [0.717, 1.165) is 32.1 Å². The number of furan rings is 2. The van der Waals surface area contributed by atoms with Crippen LogP contribution >= 0.6 is 11.6 Å². The van der Waals surface area contributed by atoms with Gasteiger partial charge in [0.1, 0.15) is 11.5 Å². The molecule has 0 saturated heterocycles. The second-order valence-electron chi connectivity index (χ2n) is 8.59. The molecular weight excluding hydrogens is 470 g/mol. The average molecular weight is 498 g/mol. The molecule has 0 radical (unpaired) electrons. The lowest BCUT2D eigenvalue weighted by molar-refractivity contribution is -0.127. The summed E-state index contributed by atoms with van der Waals surface area (Å²) >= 11 is 6.08. The standard InChI is InChI=1S/C26H28ClN3O5/c1-17-9-14-21(35-17)24(26(33)29-19-6-3-2-4-7-19)30(20-12-10-18(27)11-13-20)23(31)16-28-25(32)22-8-5-15-34-22/h5,8-15,19,24H,2-4,6-7,16H2,1H3,(H,28,32)(H,29,33)/t24-/m1/s1. The predicted octanol–water partition coefficient (Wildman–Crippen LogP) is 4.79. The second-order valence-corrected chi connectivity index (χ2v) is 9.03. The molecule has 2 aromatic heterocycles. The third kappa shape index (κ3) is 6.14. The molecule has 184 valence electrons. The number of hydrogen-bond acceptors (Lipinski definition) is 5. The zero-order chi connectivity index (χ0) is 24.8. The molecule has 0 unspecified atom stereocenters. The van der Waals surface area contributed by atoms with Crippen molar-refractivity contribution in [2.45, 2.75) is 51.1 Å². The highest BCUT2D eigenvalue weighted by atomic mass is 35.5. The molecule has 1 fully saturated rings. The fourth-order valence-electron chi connectivity index (χ4n) is 4.28. The van der Waals surface area contributed by atoms with Crippen LogP contribution in [0.3, 0.4) is 0 Å². The van der Waals surface area contributed by atoms with Crippen LogP contribution in [0.15, 0.2) is 63.6 Å². The maximum Gasteiger partial charge on any atom is 0.287 e. The van der Waals surface area contributed by atoms with Crippen LogP contribution in [0, 0.1) is 6.92 Å². The van der Waals surface area contributed by atoms with Gasteiger partial charge in [0.15, 0.2) is 11.8 Å². The first kappa shape index (κ1) is 24.6. The van der Waals surface area contributed by atoms with Crippen molar-refractivity contribution in [2.75, 3.05) is 11.4 Å². The number of carbonyl (C=O) groups is 3. The van der Waals surface area contributed by atoms with Gasteiger partial charge in [0.2, 0.25) is 5.91 Å². The van der Waals surface area contributed by atoms with Gasteiger partial charge in [0.05, 0.1) is 12.8 Å². The zero-order valence-corrected chi connectivity index (χ0v) is 20.2. The van der Waals surface area contributed by atoms with Gasteiger partial charge >= 0.3 is 0 Å². The van der Waals surface area contributed by atoms with Crippen LogP contribution < -0.4 is 15.5 Å². The highest BCUT2D eigenvalue weighted by Crippen LogP contribution is 2.31. The number of rotatable bonds is 8. The van der Waals surface area contributed by atoms with Crippen LogP contribution in [0.25, 0.3) is 0 Å². The van der Waals surface area contributed by atoms with Gasteiger partial charge in [0, 0.05) is 16.8 Å². The quantitative estimate of drug-likeness (QED) is 0.465. The van der Waals surface area contributed by atoms with E-state index in [0.29, 0.717) is 22.2 Å². The van der Waals surface area contributed by atoms with Crippen LogP contribution in [0.4, 0.5) is 5.69 Å². The highest BCUT2D eigenvalue weighted by Gasteiger charge is 2.36. The topological polar surface area (TPSA) is 105 Å². The number of aryl methyl sites for hydroxylation is 1. The molecule has 1 aliphatic rings. The number of nitrogens with zero attached hydrogens (tertiary/aromatic N) is 1. The van der Waals surface area contributed by atoms with Gasteiger partial charge in [-0.25, -0.2) is 0 Å². The summed E-state index contributed by atoms with van der Waals surface area (Å²) in [7, 11) is 0. The van der Waals surface area contributed by atoms with E-state index < -0.39 is 17.9 Å². The first-order valence-electron chi connectivity index (χ1n) is 11.7. The van der Waals surface area contributed by atoms with Crippen molar-refractivity contribution in [3.63, 3.8) is 0 Å². The summed E-state index contributed by atoms with van der Waals surface area (Å²) in [5.41, 5.74) is 0.449. The maximum atomic E-state index is 13.6. The monoisotopic (exact) mass is 497 g/mol. The molecule has 0 bridgehead atoms. The lowest BCUT2D eigenvalue weighted by atomic mass is 9.95. The smallest absolute Gasteiger partial charge is 0.287 e. The molecule has 9 heteroatoms. The number of amides is 3. The SMILES string of the molecule is Cc1ccc([C@H](C(=O)NC2CCCCC2)N(C(=O)CNC(=O)c2ccco2)c2ccc(Cl)cc2)o1. The normalized spacial score (nSPS) is 14.8. The van der Waals surface area contributed by atoms with Gasteiger partial charge < -0.3 is 19.5 Å². The average Bonchev–Trinajstić information content (AvgIpc) is 3.54. The third-order valence-corrected chi connectivity index (χ3v) is 6.26. The Hall–Kier alpha value is -3.52. The van der Waals surface area contributed by atoms with Gasteiger partial charge in [-0.2, -0.15) is 0 Å². The molecule has 3 aromatic rings. The minimum atomic E-state index is -1.07. The Morgan fingerprint density at radius 3 is 2.43 bits per heavy atom. The molecule has 3 amide bonds. The summed E-state index contributed by atoms with van der Waals surface area (Å²) in [6.07, 6.45) is 6.41. The zero-order valence-electron chi connectivity index (χ0n) is 19.5. The van der Waals surface area contributed by atoms with E-state index in [2.05, 4.69) is 10.6 Å². The second kappa shape index (κ2) is 11.3. The minimum absolute atomic E-state index is 0.0376. The van der Waals surface area contributed by atoms with E-state index in [4.69, 9.17) is 20.4 Å². The van der Waals surface area contributed by atoms with Gasteiger partial charge in [-0.05, 0) is 68.3 Å². The number of halogens is 1. The molecule has 1 saturated carbocycles. The fraction of sp³-hybridized carbons (Fsp3) is 0.346. The maximum absolute atomic E-state index is 13.6. The summed E-state index contributed by atoms with van der Waals surface area (Å²) in [5.74, 6) is -0.334. The van der Waals surface area contributed by atoms with Gasteiger partial charge in [0.25, 0.3) is 11.8 Å². The van der Waals surface area contributed by atoms with Crippen molar-refractivity contribution in [1.82, 2.24) is 10.6 Å². The van der Waals surface area contributed by atoms with Crippen LogP contribution in [-0.2, 0) is 9.59 Å². The lowest BCUT2D eigenvalue weighted by Gasteiger charge is -2.32. The van der Waals surface area contributed by atoms with Crippen LogP contribution in [0.1, 0.15) is 60.2 Å². The lowest BCUT2D eigenvalue weighted by Crippen LogP contribution is -2.49. The molecular formula is C26H28ClN3O5. The number of nitrogens with one attached hydrogen (secondary N) is 2. The van der Waals surface area contributed by atoms with E-state index in [1.165, 1.54) is 17.2 Å². The Balaban J connectivity index is 1.64. The Kier molecular flexibility index (Phi) is 7.92. The van der Waals surface area contributed by atoms with Gasteiger partial charge in [-0.3, -0.25) is 19.3 Å². The summed E-state index contributed by atoms with van der Waals surface area (Å²) < 4.78 is 10.9.